The summed E-state index contributed by atoms with van der Waals surface area (Å²) in [6, 6.07) is 5.90. The number of para-hydroxylation sites is 1. The van der Waals surface area contributed by atoms with Gasteiger partial charge in [-0.15, -0.1) is 0 Å². The van der Waals surface area contributed by atoms with E-state index < -0.39 is 11.9 Å². The van der Waals surface area contributed by atoms with Crippen LogP contribution in [0.15, 0.2) is 24.3 Å². The van der Waals surface area contributed by atoms with Gasteiger partial charge in [-0.3, -0.25) is 5.43 Å². The maximum Gasteiger partial charge on any atom is 0.433 e. The lowest BCUT2D eigenvalue weighted by molar-refractivity contribution is -0.141. The molecule has 1 aromatic carbocycles. The zero-order valence-electron chi connectivity index (χ0n) is 10.8. The Morgan fingerprint density at radius 1 is 1.24 bits per heavy atom. The van der Waals surface area contributed by atoms with Gasteiger partial charge in [-0.1, -0.05) is 23.7 Å². The van der Waals surface area contributed by atoms with Crippen LogP contribution in [0, 0.1) is 6.92 Å². The predicted octanol–water partition coefficient (Wildman–Crippen LogP) is 3.49. The SMILES string of the molecule is Cc1cccc(Cl)c1Nc1cc(C(F)(F)F)nc(NN)n1. The number of nitrogen functional groups attached to an aromatic ring is 1. The largest absolute Gasteiger partial charge is 0.433 e. The van der Waals surface area contributed by atoms with Crippen LogP contribution < -0.4 is 16.6 Å². The van der Waals surface area contributed by atoms with Crippen LogP contribution in [0.5, 0.6) is 0 Å². The summed E-state index contributed by atoms with van der Waals surface area (Å²) in [5, 5.41) is 3.11. The second kappa shape index (κ2) is 5.74. The van der Waals surface area contributed by atoms with E-state index >= 15 is 0 Å². The molecule has 2 rings (SSSR count). The molecule has 0 spiro atoms. The first-order valence-corrected chi connectivity index (χ1v) is 6.14. The Hall–Kier alpha value is -2.06. The summed E-state index contributed by atoms with van der Waals surface area (Å²) in [5.74, 6) is 4.67. The Morgan fingerprint density at radius 3 is 2.52 bits per heavy atom. The highest BCUT2D eigenvalue weighted by Gasteiger charge is 2.33. The van der Waals surface area contributed by atoms with Crippen LogP contribution >= 0.6 is 11.6 Å². The molecule has 0 radical (unpaired) electrons. The number of nitrogens with two attached hydrogens (primary N) is 1. The van der Waals surface area contributed by atoms with Gasteiger partial charge >= 0.3 is 6.18 Å². The van der Waals surface area contributed by atoms with Crippen molar-refractivity contribution < 1.29 is 13.2 Å². The van der Waals surface area contributed by atoms with Gasteiger partial charge in [0.15, 0.2) is 5.69 Å². The van der Waals surface area contributed by atoms with E-state index in [9.17, 15) is 13.2 Å². The average molecular weight is 318 g/mol. The summed E-state index contributed by atoms with van der Waals surface area (Å²) in [5.41, 5.74) is 2.11. The summed E-state index contributed by atoms with van der Waals surface area (Å²) in [7, 11) is 0. The molecule has 1 heterocycles. The zero-order valence-corrected chi connectivity index (χ0v) is 11.5. The lowest BCUT2D eigenvalue weighted by Crippen LogP contribution is -2.16. The number of aromatic nitrogens is 2. The van der Waals surface area contributed by atoms with Crippen LogP contribution in [0.4, 0.5) is 30.6 Å². The number of hydrogen-bond acceptors (Lipinski definition) is 5. The van der Waals surface area contributed by atoms with Crippen molar-refractivity contribution in [2.75, 3.05) is 10.7 Å². The molecule has 5 nitrogen and oxygen atoms in total. The second-order valence-electron chi connectivity index (χ2n) is 4.16. The topological polar surface area (TPSA) is 75.9 Å². The van der Waals surface area contributed by atoms with Gasteiger partial charge in [0, 0.05) is 6.07 Å². The lowest BCUT2D eigenvalue weighted by Gasteiger charge is -2.13. The first-order valence-electron chi connectivity index (χ1n) is 5.76. The molecule has 0 aliphatic carbocycles. The third-order valence-corrected chi connectivity index (χ3v) is 2.94. The highest BCUT2D eigenvalue weighted by atomic mass is 35.5. The molecular weight excluding hydrogens is 307 g/mol. The maximum absolute atomic E-state index is 12.8. The summed E-state index contributed by atoms with van der Waals surface area (Å²) >= 11 is 6.01. The minimum atomic E-state index is -4.61. The smallest absolute Gasteiger partial charge is 0.339 e. The van der Waals surface area contributed by atoms with Crippen LogP contribution in [0.25, 0.3) is 0 Å². The number of benzene rings is 1. The van der Waals surface area contributed by atoms with Gasteiger partial charge in [0.1, 0.15) is 5.82 Å². The van der Waals surface area contributed by atoms with Crippen LogP contribution in [0.3, 0.4) is 0 Å². The molecule has 9 heteroatoms. The fourth-order valence-corrected chi connectivity index (χ4v) is 1.91. The fourth-order valence-electron chi connectivity index (χ4n) is 1.64. The predicted molar refractivity (Wildman–Crippen MR) is 74.3 cm³/mol. The Bertz CT molecular complexity index is 640. The van der Waals surface area contributed by atoms with Gasteiger partial charge in [-0.25, -0.2) is 10.8 Å². The van der Waals surface area contributed by atoms with E-state index in [1.54, 1.807) is 25.1 Å². The number of nitrogens with zero attached hydrogens (tertiary/aromatic N) is 2. The second-order valence-corrected chi connectivity index (χ2v) is 4.57. The van der Waals surface area contributed by atoms with E-state index in [0.717, 1.165) is 11.6 Å². The summed E-state index contributed by atoms with van der Waals surface area (Å²) in [6.45, 7) is 1.77. The van der Waals surface area contributed by atoms with Gasteiger partial charge in [0.25, 0.3) is 0 Å². The van der Waals surface area contributed by atoms with Crippen molar-refractivity contribution in [3.05, 3.63) is 40.5 Å². The van der Waals surface area contributed by atoms with E-state index in [0.29, 0.717) is 10.7 Å². The van der Waals surface area contributed by atoms with Crippen LogP contribution in [0.1, 0.15) is 11.3 Å². The monoisotopic (exact) mass is 317 g/mol. The van der Waals surface area contributed by atoms with E-state index in [2.05, 4.69) is 15.3 Å². The number of anilines is 3. The van der Waals surface area contributed by atoms with E-state index in [1.165, 1.54) is 0 Å². The molecule has 0 fully saturated rings. The van der Waals surface area contributed by atoms with Crippen molar-refractivity contribution in [1.82, 2.24) is 9.97 Å². The number of nitrogens with one attached hydrogen (secondary N) is 2. The quantitative estimate of drug-likeness (QED) is 0.597. The van der Waals surface area contributed by atoms with Gasteiger partial charge in [0.2, 0.25) is 5.95 Å². The minimum Gasteiger partial charge on any atom is -0.339 e. The highest BCUT2D eigenvalue weighted by Crippen LogP contribution is 2.32. The summed E-state index contributed by atoms with van der Waals surface area (Å²) < 4.78 is 38.3. The number of hydrogen-bond donors (Lipinski definition) is 3. The van der Waals surface area contributed by atoms with Crippen LogP contribution in [-0.2, 0) is 6.18 Å². The molecule has 1 aromatic heterocycles. The third-order valence-electron chi connectivity index (χ3n) is 2.62. The van der Waals surface area contributed by atoms with Crippen molar-refractivity contribution in [3.8, 4) is 0 Å². The molecule has 0 aliphatic heterocycles. The molecule has 112 valence electrons. The molecule has 0 unspecified atom stereocenters. The van der Waals surface area contributed by atoms with E-state index in [1.807, 2.05) is 5.43 Å². The minimum absolute atomic E-state index is 0.0681. The van der Waals surface area contributed by atoms with Gasteiger partial charge < -0.3 is 5.32 Å². The van der Waals surface area contributed by atoms with Crippen molar-refractivity contribution in [2.45, 2.75) is 13.1 Å². The number of alkyl halides is 3. The first-order chi connectivity index (χ1) is 9.81. The molecule has 4 N–H and O–H groups in total. The molecule has 2 aromatic rings. The van der Waals surface area contributed by atoms with Gasteiger partial charge in [-0.05, 0) is 18.6 Å². The molecule has 0 bridgehead atoms. The molecule has 0 amide bonds. The van der Waals surface area contributed by atoms with Crippen LogP contribution in [-0.4, -0.2) is 9.97 Å². The van der Waals surface area contributed by atoms with E-state index in [-0.39, 0.29) is 11.8 Å². The average Bonchev–Trinajstić information content (AvgIpc) is 2.42. The van der Waals surface area contributed by atoms with Crippen molar-refractivity contribution in [3.63, 3.8) is 0 Å². The maximum atomic E-state index is 12.8. The molecule has 0 saturated carbocycles. The number of rotatable bonds is 3. The van der Waals surface area contributed by atoms with E-state index in [4.69, 9.17) is 17.4 Å². The third kappa shape index (κ3) is 3.53. The number of halogens is 4. The Labute approximate surface area is 123 Å². The van der Waals surface area contributed by atoms with Crippen molar-refractivity contribution in [1.29, 1.82) is 0 Å². The molecule has 0 atom stereocenters. The number of aryl methyl sites for hydroxylation is 1. The van der Waals surface area contributed by atoms with Crippen molar-refractivity contribution in [2.24, 2.45) is 5.84 Å². The Kier molecular flexibility index (Phi) is 4.19. The van der Waals surface area contributed by atoms with Crippen molar-refractivity contribution >= 4 is 29.1 Å². The van der Waals surface area contributed by atoms with Gasteiger partial charge in [-0.2, -0.15) is 18.2 Å². The fraction of sp³-hybridized carbons (Fsp3) is 0.167. The first kappa shape index (κ1) is 15.3. The van der Waals surface area contributed by atoms with Gasteiger partial charge in [0.05, 0.1) is 10.7 Å². The standard InChI is InChI=1S/C12H11ClF3N5/c1-6-3-2-4-7(13)10(6)19-9-5-8(12(14,15)16)18-11(20-9)21-17/h2-5H,17H2,1H3,(H2,18,19,20,21). The van der Waals surface area contributed by atoms with Crippen LogP contribution in [0.2, 0.25) is 5.02 Å². The number of hydrazine groups is 1. The highest BCUT2D eigenvalue weighted by molar-refractivity contribution is 6.33. The zero-order chi connectivity index (χ0) is 15.6. The Morgan fingerprint density at radius 2 is 1.95 bits per heavy atom. The summed E-state index contributed by atoms with van der Waals surface area (Å²) in [6.07, 6.45) is -4.61. The molecule has 0 saturated heterocycles. The molecular formula is C12H11ClF3N5. The summed E-state index contributed by atoms with van der Waals surface area (Å²) in [4.78, 5) is 7.09. The molecule has 0 aliphatic rings. The normalized spacial score (nSPS) is 11.3. The lowest BCUT2D eigenvalue weighted by atomic mass is 10.2. The Balaban J connectivity index is 2.45. The molecule has 21 heavy (non-hydrogen) atoms.